The number of carbonyl (C=O) groups is 2. The number of nitrogens with zero attached hydrogens (tertiary/aromatic N) is 1. The van der Waals surface area contributed by atoms with E-state index in [2.05, 4.69) is 10.6 Å². The standard InChI is InChI=1S/C12H25N3O3/c1-11(17)13-6-7-14-12(18)10-15(2)8-4-3-5-9-16/h16H,3-10H2,1-2H3,(H,13,17)(H,14,18). The van der Waals surface area contributed by atoms with Crippen molar-refractivity contribution >= 4 is 11.8 Å². The van der Waals surface area contributed by atoms with Gasteiger partial charge in [0.25, 0.3) is 0 Å². The normalized spacial score (nSPS) is 10.4. The number of carbonyl (C=O) groups excluding carboxylic acids is 2. The lowest BCUT2D eigenvalue weighted by atomic mass is 10.2. The number of hydrogen-bond donors (Lipinski definition) is 3. The fraction of sp³-hybridized carbons (Fsp3) is 0.833. The van der Waals surface area contributed by atoms with E-state index in [4.69, 9.17) is 5.11 Å². The van der Waals surface area contributed by atoms with Crippen LogP contribution in [0.5, 0.6) is 0 Å². The highest BCUT2D eigenvalue weighted by atomic mass is 16.3. The molecule has 0 saturated heterocycles. The first kappa shape index (κ1) is 16.9. The van der Waals surface area contributed by atoms with Gasteiger partial charge in [-0.3, -0.25) is 14.5 Å². The summed E-state index contributed by atoms with van der Waals surface area (Å²) in [5.74, 6) is -0.129. The number of rotatable bonds is 10. The Morgan fingerprint density at radius 1 is 1.11 bits per heavy atom. The predicted octanol–water partition coefficient (Wildman–Crippen LogP) is -0.667. The molecule has 0 aromatic carbocycles. The zero-order chi connectivity index (χ0) is 13.8. The van der Waals surface area contributed by atoms with Gasteiger partial charge in [0.05, 0.1) is 6.54 Å². The molecular formula is C12H25N3O3. The first-order valence-electron chi connectivity index (χ1n) is 6.36. The highest BCUT2D eigenvalue weighted by Gasteiger charge is 2.05. The Kier molecular flexibility index (Phi) is 10.3. The van der Waals surface area contributed by atoms with Crippen LogP contribution in [0.25, 0.3) is 0 Å². The molecule has 6 nitrogen and oxygen atoms in total. The maximum absolute atomic E-state index is 11.5. The van der Waals surface area contributed by atoms with Crippen LogP contribution in [-0.2, 0) is 9.59 Å². The van der Waals surface area contributed by atoms with E-state index >= 15 is 0 Å². The second kappa shape index (κ2) is 11.0. The molecule has 0 aliphatic rings. The first-order valence-corrected chi connectivity index (χ1v) is 6.36. The summed E-state index contributed by atoms with van der Waals surface area (Å²) in [6, 6.07) is 0. The molecule has 0 bridgehead atoms. The quantitative estimate of drug-likeness (QED) is 0.455. The summed E-state index contributed by atoms with van der Waals surface area (Å²) in [7, 11) is 1.90. The van der Waals surface area contributed by atoms with Crippen LogP contribution in [-0.4, -0.2) is 61.7 Å². The monoisotopic (exact) mass is 259 g/mol. The van der Waals surface area contributed by atoms with Crippen LogP contribution in [0.1, 0.15) is 26.2 Å². The SMILES string of the molecule is CC(=O)NCCNC(=O)CN(C)CCCCCO. The van der Waals surface area contributed by atoms with Gasteiger partial charge in [-0.2, -0.15) is 0 Å². The summed E-state index contributed by atoms with van der Waals surface area (Å²) in [5, 5.41) is 14.0. The van der Waals surface area contributed by atoms with Gasteiger partial charge in [-0.15, -0.1) is 0 Å². The average Bonchev–Trinajstić information content (AvgIpc) is 2.30. The molecular weight excluding hydrogens is 234 g/mol. The van der Waals surface area contributed by atoms with Crippen LogP contribution in [0, 0.1) is 0 Å². The molecule has 2 amide bonds. The largest absolute Gasteiger partial charge is 0.396 e. The molecule has 0 aromatic heterocycles. The number of aliphatic hydroxyl groups is 1. The summed E-state index contributed by atoms with van der Waals surface area (Å²) in [5.41, 5.74) is 0. The van der Waals surface area contributed by atoms with E-state index in [1.807, 2.05) is 11.9 Å². The summed E-state index contributed by atoms with van der Waals surface area (Å²) in [4.78, 5) is 24.0. The van der Waals surface area contributed by atoms with E-state index in [0.29, 0.717) is 19.6 Å². The smallest absolute Gasteiger partial charge is 0.234 e. The van der Waals surface area contributed by atoms with Crippen LogP contribution >= 0.6 is 0 Å². The zero-order valence-corrected chi connectivity index (χ0v) is 11.4. The van der Waals surface area contributed by atoms with E-state index < -0.39 is 0 Å². The van der Waals surface area contributed by atoms with E-state index in [1.54, 1.807) is 0 Å². The van der Waals surface area contributed by atoms with Crippen molar-refractivity contribution in [1.29, 1.82) is 0 Å². The van der Waals surface area contributed by atoms with Gasteiger partial charge >= 0.3 is 0 Å². The summed E-state index contributed by atoms with van der Waals surface area (Å²) in [6.45, 7) is 3.80. The van der Waals surface area contributed by atoms with E-state index in [0.717, 1.165) is 25.8 Å². The second-order valence-corrected chi connectivity index (χ2v) is 4.35. The third-order valence-electron chi connectivity index (χ3n) is 2.43. The lowest BCUT2D eigenvalue weighted by Crippen LogP contribution is -2.39. The lowest BCUT2D eigenvalue weighted by molar-refractivity contribution is -0.122. The van der Waals surface area contributed by atoms with Gasteiger partial charge in [-0.1, -0.05) is 0 Å². The molecule has 6 heteroatoms. The molecule has 0 atom stereocenters. The van der Waals surface area contributed by atoms with E-state index in [9.17, 15) is 9.59 Å². The van der Waals surface area contributed by atoms with Crippen molar-refractivity contribution in [3.63, 3.8) is 0 Å². The summed E-state index contributed by atoms with van der Waals surface area (Å²) >= 11 is 0. The second-order valence-electron chi connectivity index (χ2n) is 4.35. The molecule has 0 aliphatic carbocycles. The molecule has 0 unspecified atom stereocenters. The van der Waals surface area contributed by atoms with Crippen LogP contribution in [0.4, 0.5) is 0 Å². The Bertz CT molecular complexity index is 247. The average molecular weight is 259 g/mol. The molecule has 3 N–H and O–H groups in total. The topological polar surface area (TPSA) is 81.7 Å². The van der Waals surface area contributed by atoms with Crippen LogP contribution in [0.3, 0.4) is 0 Å². The van der Waals surface area contributed by atoms with Crippen molar-refractivity contribution in [3.8, 4) is 0 Å². The van der Waals surface area contributed by atoms with Gasteiger partial charge in [-0.05, 0) is 32.9 Å². The number of likely N-dealkylation sites (N-methyl/N-ethyl adjacent to an activating group) is 1. The third kappa shape index (κ3) is 11.3. The molecule has 0 saturated carbocycles. The third-order valence-corrected chi connectivity index (χ3v) is 2.43. The van der Waals surface area contributed by atoms with Crippen molar-refractivity contribution in [2.75, 3.05) is 39.8 Å². The minimum absolute atomic E-state index is 0.0370. The molecule has 106 valence electrons. The predicted molar refractivity (Wildman–Crippen MR) is 70.1 cm³/mol. The maximum Gasteiger partial charge on any atom is 0.234 e. The van der Waals surface area contributed by atoms with Crippen LogP contribution in [0.15, 0.2) is 0 Å². The van der Waals surface area contributed by atoms with Gasteiger partial charge in [0.15, 0.2) is 0 Å². The fourth-order valence-electron chi connectivity index (χ4n) is 1.49. The maximum atomic E-state index is 11.5. The van der Waals surface area contributed by atoms with Crippen LogP contribution < -0.4 is 10.6 Å². The molecule has 0 aliphatic heterocycles. The molecule has 0 spiro atoms. The minimum Gasteiger partial charge on any atom is -0.396 e. The Labute approximate surface area is 109 Å². The van der Waals surface area contributed by atoms with Gasteiger partial charge in [0.1, 0.15) is 0 Å². The highest BCUT2D eigenvalue weighted by Crippen LogP contribution is 1.96. The fourth-order valence-corrected chi connectivity index (χ4v) is 1.49. The lowest BCUT2D eigenvalue weighted by Gasteiger charge is -2.16. The van der Waals surface area contributed by atoms with Gasteiger partial charge < -0.3 is 15.7 Å². The number of nitrogens with one attached hydrogen (secondary N) is 2. The summed E-state index contributed by atoms with van der Waals surface area (Å²) < 4.78 is 0. The number of unbranched alkanes of at least 4 members (excludes halogenated alkanes) is 2. The van der Waals surface area contributed by atoms with Gasteiger partial charge in [-0.25, -0.2) is 0 Å². The molecule has 18 heavy (non-hydrogen) atoms. The van der Waals surface area contributed by atoms with Crippen molar-refractivity contribution in [3.05, 3.63) is 0 Å². The Hall–Kier alpha value is -1.14. The van der Waals surface area contributed by atoms with E-state index in [1.165, 1.54) is 6.92 Å². The zero-order valence-electron chi connectivity index (χ0n) is 11.4. The van der Waals surface area contributed by atoms with Crippen molar-refractivity contribution in [2.24, 2.45) is 0 Å². The van der Waals surface area contributed by atoms with Crippen molar-refractivity contribution < 1.29 is 14.7 Å². The molecule has 0 heterocycles. The van der Waals surface area contributed by atoms with Gasteiger partial charge in [0.2, 0.25) is 11.8 Å². The van der Waals surface area contributed by atoms with Crippen molar-refractivity contribution in [2.45, 2.75) is 26.2 Å². The van der Waals surface area contributed by atoms with E-state index in [-0.39, 0.29) is 18.4 Å². The Morgan fingerprint density at radius 2 is 1.78 bits per heavy atom. The molecule has 0 aromatic rings. The number of hydrogen-bond acceptors (Lipinski definition) is 4. The minimum atomic E-state index is -0.0924. The van der Waals surface area contributed by atoms with Gasteiger partial charge in [0, 0.05) is 26.6 Å². The highest BCUT2D eigenvalue weighted by molar-refractivity contribution is 5.78. The Balaban J connectivity index is 3.46. The van der Waals surface area contributed by atoms with Crippen molar-refractivity contribution in [1.82, 2.24) is 15.5 Å². The Morgan fingerprint density at radius 3 is 2.39 bits per heavy atom. The number of aliphatic hydroxyl groups excluding tert-OH is 1. The van der Waals surface area contributed by atoms with Crippen LogP contribution in [0.2, 0.25) is 0 Å². The number of amides is 2. The summed E-state index contributed by atoms with van der Waals surface area (Å²) in [6.07, 6.45) is 2.78. The first-order chi connectivity index (χ1) is 8.56. The molecule has 0 radical (unpaired) electrons. The molecule has 0 fully saturated rings. The molecule has 0 rings (SSSR count).